The molecule has 0 aliphatic heterocycles. The van der Waals surface area contributed by atoms with Crippen LogP contribution in [0.15, 0.2) is 30.5 Å². The molecule has 0 radical (unpaired) electrons. The SMILES string of the molecule is N[C@H](CS)C(=O)c1c[nH]c2ccccc12. The number of thiol groups is 1. The van der Waals surface area contributed by atoms with Gasteiger partial charge in [-0.3, -0.25) is 4.79 Å². The number of H-pyrrole nitrogens is 1. The van der Waals surface area contributed by atoms with Crippen molar-refractivity contribution in [2.75, 3.05) is 5.75 Å². The number of carbonyl (C=O) groups excluding carboxylic acids is 1. The Morgan fingerprint density at radius 2 is 2.20 bits per heavy atom. The number of aromatic amines is 1. The highest BCUT2D eigenvalue weighted by molar-refractivity contribution is 7.80. The average Bonchev–Trinajstić information content (AvgIpc) is 2.70. The zero-order valence-corrected chi connectivity index (χ0v) is 9.00. The van der Waals surface area contributed by atoms with Crippen LogP contribution in [0.25, 0.3) is 10.9 Å². The molecule has 0 aliphatic rings. The number of fused-ring (bicyclic) bond motifs is 1. The number of nitrogens with one attached hydrogen (secondary N) is 1. The van der Waals surface area contributed by atoms with Gasteiger partial charge >= 0.3 is 0 Å². The van der Waals surface area contributed by atoms with E-state index in [4.69, 9.17) is 5.73 Å². The van der Waals surface area contributed by atoms with E-state index in [1.807, 2.05) is 24.3 Å². The maximum Gasteiger partial charge on any atom is 0.182 e. The van der Waals surface area contributed by atoms with Gasteiger partial charge in [0.25, 0.3) is 0 Å². The molecule has 0 aliphatic carbocycles. The zero-order chi connectivity index (χ0) is 10.8. The van der Waals surface area contributed by atoms with Crippen LogP contribution in [0, 0.1) is 0 Å². The Hall–Kier alpha value is -1.26. The van der Waals surface area contributed by atoms with Gasteiger partial charge in [-0.1, -0.05) is 18.2 Å². The lowest BCUT2D eigenvalue weighted by molar-refractivity contribution is 0.0971. The van der Waals surface area contributed by atoms with E-state index in [0.29, 0.717) is 11.3 Å². The second kappa shape index (κ2) is 4.08. The number of rotatable bonds is 3. The number of hydrogen-bond acceptors (Lipinski definition) is 3. The van der Waals surface area contributed by atoms with Gasteiger partial charge in [0, 0.05) is 28.4 Å². The van der Waals surface area contributed by atoms with E-state index in [-0.39, 0.29) is 5.78 Å². The molecule has 0 amide bonds. The Morgan fingerprint density at radius 3 is 2.93 bits per heavy atom. The molecular formula is C11H12N2OS. The zero-order valence-electron chi connectivity index (χ0n) is 8.10. The van der Waals surface area contributed by atoms with Crippen molar-refractivity contribution in [1.29, 1.82) is 0 Å². The Balaban J connectivity index is 2.48. The second-order valence-corrected chi connectivity index (χ2v) is 3.77. The normalized spacial score (nSPS) is 12.9. The highest BCUT2D eigenvalue weighted by atomic mass is 32.1. The van der Waals surface area contributed by atoms with E-state index in [2.05, 4.69) is 17.6 Å². The van der Waals surface area contributed by atoms with E-state index >= 15 is 0 Å². The first-order valence-electron chi connectivity index (χ1n) is 4.71. The highest BCUT2D eigenvalue weighted by Crippen LogP contribution is 2.18. The molecule has 78 valence electrons. The maximum absolute atomic E-state index is 11.9. The van der Waals surface area contributed by atoms with Gasteiger partial charge in [-0.05, 0) is 6.07 Å². The van der Waals surface area contributed by atoms with Gasteiger partial charge in [-0.15, -0.1) is 0 Å². The molecule has 1 aromatic heterocycles. The lowest BCUT2D eigenvalue weighted by Crippen LogP contribution is -2.32. The van der Waals surface area contributed by atoms with Crippen LogP contribution in [0.3, 0.4) is 0 Å². The smallest absolute Gasteiger partial charge is 0.182 e. The molecule has 0 saturated carbocycles. The monoisotopic (exact) mass is 220 g/mol. The predicted octanol–water partition coefficient (Wildman–Crippen LogP) is 1.61. The fourth-order valence-corrected chi connectivity index (χ4v) is 1.72. The molecule has 1 atom stereocenters. The molecule has 0 bridgehead atoms. The van der Waals surface area contributed by atoms with Crippen LogP contribution >= 0.6 is 12.6 Å². The largest absolute Gasteiger partial charge is 0.360 e. The van der Waals surface area contributed by atoms with Gasteiger partial charge in [-0.25, -0.2) is 0 Å². The van der Waals surface area contributed by atoms with Crippen molar-refractivity contribution in [3.8, 4) is 0 Å². The molecule has 2 rings (SSSR count). The van der Waals surface area contributed by atoms with Crippen LogP contribution in [0.5, 0.6) is 0 Å². The van der Waals surface area contributed by atoms with E-state index < -0.39 is 6.04 Å². The van der Waals surface area contributed by atoms with Gasteiger partial charge in [0.15, 0.2) is 5.78 Å². The third kappa shape index (κ3) is 1.78. The average molecular weight is 220 g/mol. The van der Waals surface area contributed by atoms with Crippen molar-refractivity contribution in [2.24, 2.45) is 5.73 Å². The summed E-state index contributed by atoms with van der Waals surface area (Å²) in [6.07, 6.45) is 1.70. The summed E-state index contributed by atoms with van der Waals surface area (Å²) in [6.45, 7) is 0. The minimum Gasteiger partial charge on any atom is -0.360 e. The summed E-state index contributed by atoms with van der Waals surface area (Å²) in [5.74, 6) is 0.292. The number of Topliss-reactive ketones (excluding diaryl/α,β-unsaturated/α-hetero) is 1. The van der Waals surface area contributed by atoms with Crippen molar-refractivity contribution in [1.82, 2.24) is 4.98 Å². The lowest BCUT2D eigenvalue weighted by Gasteiger charge is -2.05. The number of benzene rings is 1. The van der Waals surface area contributed by atoms with E-state index in [9.17, 15) is 4.79 Å². The minimum atomic E-state index is -0.535. The summed E-state index contributed by atoms with van der Waals surface area (Å²) in [5.41, 5.74) is 7.26. The van der Waals surface area contributed by atoms with Gasteiger partial charge in [0.1, 0.15) is 0 Å². The first-order chi connectivity index (χ1) is 7.24. The Kier molecular flexibility index (Phi) is 2.79. The van der Waals surface area contributed by atoms with Crippen LogP contribution in [0.2, 0.25) is 0 Å². The molecule has 2 aromatic rings. The van der Waals surface area contributed by atoms with E-state index in [0.717, 1.165) is 10.9 Å². The molecule has 0 saturated heterocycles. The summed E-state index contributed by atoms with van der Waals surface area (Å²) in [6, 6.07) is 7.13. The summed E-state index contributed by atoms with van der Waals surface area (Å²) in [4.78, 5) is 14.9. The third-order valence-electron chi connectivity index (χ3n) is 2.39. The standard InChI is InChI=1S/C11H12N2OS/c12-9(6-15)11(14)8-5-13-10-4-2-1-3-7(8)10/h1-5,9,13,15H,6,12H2/t9-/m1/s1. The maximum atomic E-state index is 11.9. The van der Waals surface area contributed by atoms with Crippen molar-refractivity contribution in [3.63, 3.8) is 0 Å². The van der Waals surface area contributed by atoms with E-state index in [1.165, 1.54) is 0 Å². The summed E-state index contributed by atoms with van der Waals surface area (Å²) in [5, 5.41) is 0.916. The predicted molar refractivity (Wildman–Crippen MR) is 64.5 cm³/mol. The lowest BCUT2D eigenvalue weighted by atomic mass is 10.1. The minimum absolute atomic E-state index is 0.0672. The van der Waals surface area contributed by atoms with Crippen molar-refractivity contribution < 1.29 is 4.79 Å². The van der Waals surface area contributed by atoms with Crippen LogP contribution in [-0.4, -0.2) is 22.6 Å². The third-order valence-corrected chi connectivity index (χ3v) is 2.78. The van der Waals surface area contributed by atoms with Gasteiger partial charge < -0.3 is 10.7 Å². The summed E-state index contributed by atoms with van der Waals surface area (Å²) in [7, 11) is 0. The van der Waals surface area contributed by atoms with Crippen LogP contribution < -0.4 is 5.73 Å². The molecule has 4 heteroatoms. The Bertz CT molecular complexity index is 492. The topological polar surface area (TPSA) is 58.9 Å². The number of nitrogens with two attached hydrogens (primary N) is 1. The first kappa shape index (κ1) is 10.3. The van der Waals surface area contributed by atoms with Crippen LogP contribution in [0.1, 0.15) is 10.4 Å². The van der Waals surface area contributed by atoms with Gasteiger partial charge in [-0.2, -0.15) is 12.6 Å². The van der Waals surface area contributed by atoms with E-state index in [1.54, 1.807) is 6.20 Å². The molecular weight excluding hydrogens is 208 g/mol. The highest BCUT2D eigenvalue weighted by Gasteiger charge is 2.17. The number of aromatic nitrogens is 1. The molecule has 1 heterocycles. The summed E-state index contributed by atoms with van der Waals surface area (Å²) < 4.78 is 0. The van der Waals surface area contributed by atoms with Crippen molar-refractivity contribution >= 4 is 29.3 Å². The van der Waals surface area contributed by atoms with Crippen LogP contribution in [-0.2, 0) is 0 Å². The molecule has 3 N–H and O–H groups in total. The molecule has 0 unspecified atom stereocenters. The Labute approximate surface area is 93.1 Å². The molecule has 0 spiro atoms. The number of carbonyl (C=O) groups is 1. The van der Waals surface area contributed by atoms with Crippen LogP contribution in [0.4, 0.5) is 0 Å². The van der Waals surface area contributed by atoms with Crippen molar-refractivity contribution in [3.05, 3.63) is 36.0 Å². The summed E-state index contributed by atoms with van der Waals surface area (Å²) >= 11 is 4.02. The first-order valence-corrected chi connectivity index (χ1v) is 5.34. The number of hydrogen-bond donors (Lipinski definition) is 3. The molecule has 1 aromatic carbocycles. The Morgan fingerprint density at radius 1 is 1.47 bits per heavy atom. The second-order valence-electron chi connectivity index (χ2n) is 3.40. The fraction of sp³-hybridized carbons (Fsp3) is 0.182. The van der Waals surface area contributed by atoms with Gasteiger partial charge in [0.2, 0.25) is 0 Å². The molecule has 0 fully saturated rings. The quantitative estimate of drug-likeness (QED) is 0.543. The van der Waals surface area contributed by atoms with Gasteiger partial charge in [0.05, 0.1) is 6.04 Å². The van der Waals surface area contributed by atoms with Crippen molar-refractivity contribution in [2.45, 2.75) is 6.04 Å². The molecule has 3 nitrogen and oxygen atoms in total. The number of para-hydroxylation sites is 1. The number of ketones is 1. The fourth-order valence-electron chi connectivity index (χ4n) is 1.56. The molecule has 15 heavy (non-hydrogen) atoms.